The van der Waals surface area contributed by atoms with Crippen LogP contribution < -0.4 is 15.4 Å². The summed E-state index contributed by atoms with van der Waals surface area (Å²) in [6.07, 6.45) is 1.80. The molecule has 2 atom stereocenters. The summed E-state index contributed by atoms with van der Waals surface area (Å²) < 4.78 is 10.6. The monoisotopic (exact) mass is 541 g/mol. The number of rotatable bonds is 9. The van der Waals surface area contributed by atoms with Crippen molar-refractivity contribution in [2.75, 3.05) is 18.2 Å². The van der Waals surface area contributed by atoms with Gasteiger partial charge in [0.25, 0.3) is 5.91 Å². The molecule has 1 fully saturated rings. The highest BCUT2D eigenvalue weighted by Crippen LogP contribution is 2.35. The fourth-order valence-corrected chi connectivity index (χ4v) is 4.50. The van der Waals surface area contributed by atoms with Crippen molar-refractivity contribution in [3.05, 3.63) is 59.2 Å². The van der Waals surface area contributed by atoms with Crippen LogP contribution in [0.4, 0.5) is 10.5 Å². The van der Waals surface area contributed by atoms with Crippen molar-refractivity contribution in [2.24, 2.45) is 0 Å². The summed E-state index contributed by atoms with van der Waals surface area (Å²) in [5, 5.41) is 5.63. The number of carbonyl (C=O) groups is 3. The third-order valence-electron chi connectivity index (χ3n) is 6.62. The van der Waals surface area contributed by atoms with Crippen molar-refractivity contribution >= 4 is 36.2 Å². The summed E-state index contributed by atoms with van der Waals surface area (Å²) in [6.45, 7) is 9.24. The number of aryl methyl sites for hydroxylation is 2. The second-order valence-corrected chi connectivity index (χ2v) is 11.0. The highest BCUT2D eigenvalue weighted by Gasteiger charge is 2.41. The van der Waals surface area contributed by atoms with Crippen LogP contribution in [0.15, 0.2) is 42.5 Å². The predicted octanol–water partition coefficient (Wildman–Crippen LogP) is 5.20. The molecule has 3 rings (SSSR count). The molecule has 9 heteroatoms. The molecule has 0 aromatic heterocycles. The lowest BCUT2D eigenvalue weighted by atomic mass is 9.87. The summed E-state index contributed by atoms with van der Waals surface area (Å²) in [5.74, 6) is 0.0171. The zero-order valence-corrected chi connectivity index (χ0v) is 23.9. The Morgan fingerprint density at radius 2 is 1.71 bits per heavy atom. The van der Waals surface area contributed by atoms with Gasteiger partial charge in [-0.1, -0.05) is 18.2 Å². The molecule has 2 aromatic rings. The molecule has 8 nitrogen and oxygen atoms in total. The van der Waals surface area contributed by atoms with Crippen molar-refractivity contribution in [2.45, 2.75) is 77.6 Å². The Labute approximate surface area is 230 Å². The Bertz CT molecular complexity index is 1140. The Kier molecular flexibility index (Phi) is 9.71. The Morgan fingerprint density at radius 1 is 1.05 bits per heavy atom. The molecule has 206 valence electrons. The molecule has 3 amide bonds. The lowest BCUT2D eigenvalue weighted by molar-refractivity contribution is -0.145. The number of alkyl carbamates (subject to hydrolysis) is 1. The molecule has 2 aromatic carbocycles. The number of nitrogens with zero attached hydrogens (tertiary/aromatic N) is 1. The van der Waals surface area contributed by atoms with E-state index in [-0.39, 0.29) is 23.6 Å². The molecule has 0 heterocycles. The van der Waals surface area contributed by atoms with Gasteiger partial charge in [0.1, 0.15) is 23.4 Å². The maximum Gasteiger partial charge on any atom is 0.408 e. The lowest BCUT2D eigenvalue weighted by Crippen LogP contribution is -2.57. The average Bonchev–Trinajstić information content (AvgIpc) is 2.82. The zero-order valence-electron chi connectivity index (χ0n) is 23.0. The van der Waals surface area contributed by atoms with Crippen molar-refractivity contribution in [1.29, 1.82) is 0 Å². The van der Waals surface area contributed by atoms with Gasteiger partial charge in [0, 0.05) is 17.5 Å². The summed E-state index contributed by atoms with van der Waals surface area (Å²) >= 11 is 4.36. The molecule has 2 N–H and O–H groups in total. The number of hydrogen-bond acceptors (Lipinski definition) is 6. The number of anilines is 1. The van der Waals surface area contributed by atoms with Crippen molar-refractivity contribution in [3.63, 3.8) is 0 Å². The third kappa shape index (κ3) is 7.43. The van der Waals surface area contributed by atoms with E-state index in [2.05, 4.69) is 23.3 Å². The molecular formula is C29H39N3O5S. The van der Waals surface area contributed by atoms with Crippen LogP contribution in [-0.4, -0.2) is 53.4 Å². The van der Waals surface area contributed by atoms with Crippen LogP contribution in [0.2, 0.25) is 0 Å². The minimum atomic E-state index is -0.961. The fourth-order valence-electron chi connectivity index (χ4n) is 4.26. The first-order valence-corrected chi connectivity index (χ1v) is 13.5. The van der Waals surface area contributed by atoms with Gasteiger partial charge in [0.15, 0.2) is 0 Å². The lowest BCUT2D eigenvalue weighted by Gasteiger charge is -2.43. The van der Waals surface area contributed by atoms with Gasteiger partial charge >= 0.3 is 6.09 Å². The van der Waals surface area contributed by atoms with Crippen molar-refractivity contribution in [3.8, 4) is 5.75 Å². The molecule has 1 aliphatic carbocycles. The largest absolute Gasteiger partial charge is 0.497 e. The van der Waals surface area contributed by atoms with E-state index >= 15 is 0 Å². The Hall–Kier alpha value is -3.20. The van der Waals surface area contributed by atoms with Crippen molar-refractivity contribution in [1.82, 2.24) is 10.2 Å². The van der Waals surface area contributed by atoms with Crippen LogP contribution in [0.25, 0.3) is 0 Å². The van der Waals surface area contributed by atoms with Gasteiger partial charge in [0.2, 0.25) is 5.91 Å². The van der Waals surface area contributed by atoms with Crippen LogP contribution in [0.5, 0.6) is 5.75 Å². The quantitative estimate of drug-likeness (QED) is 0.380. The number of benzene rings is 2. The topological polar surface area (TPSA) is 97.0 Å². The normalized spacial score (nSPS) is 15.0. The standard InChI is InChI=1S/C29H39N3O5S/c1-18-10-11-20(16-19(18)2)25(26(33)30-21-12-14-23(36-6)15-13-21)32(22-8-7-9-22)27(34)24(17-38)31-28(35)37-29(3,4)5/h10-16,22,24-25,38H,7-9,17H2,1-6H3,(H,30,33)(H,31,35). The number of thiol groups is 1. The molecule has 1 aliphatic rings. The number of amides is 3. The molecule has 0 bridgehead atoms. The van der Waals surface area contributed by atoms with Crippen molar-refractivity contribution < 1.29 is 23.9 Å². The number of methoxy groups -OCH3 is 1. The van der Waals surface area contributed by atoms with Gasteiger partial charge in [-0.15, -0.1) is 0 Å². The second-order valence-electron chi connectivity index (χ2n) is 10.7. The van der Waals surface area contributed by atoms with Crippen LogP contribution in [0, 0.1) is 13.8 Å². The first kappa shape index (κ1) is 29.4. The third-order valence-corrected chi connectivity index (χ3v) is 6.99. The summed E-state index contributed by atoms with van der Waals surface area (Å²) in [4.78, 5) is 42.1. The summed E-state index contributed by atoms with van der Waals surface area (Å²) in [6, 6.07) is 10.8. The second kappa shape index (κ2) is 12.6. The molecular weight excluding hydrogens is 502 g/mol. The van der Waals surface area contributed by atoms with E-state index in [1.54, 1.807) is 57.0 Å². The van der Waals surface area contributed by atoms with E-state index in [1.165, 1.54) is 0 Å². The van der Waals surface area contributed by atoms with Gasteiger partial charge in [0.05, 0.1) is 7.11 Å². The average molecular weight is 542 g/mol. The molecule has 2 unspecified atom stereocenters. The molecule has 0 radical (unpaired) electrons. The molecule has 0 spiro atoms. The first-order valence-electron chi connectivity index (χ1n) is 12.9. The van der Waals surface area contributed by atoms with E-state index in [0.717, 1.165) is 30.4 Å². The van der Waals surface area contributed by atoms with Crippen LogP contribution in [0.3, 0.4) is 0 Å². The number of carbonyl (C=O) groups excluding carboxylic acids is 3. The van der Waals surface area contributed by atoms with Crippen LogP contribution in [-0.2, 0) is 14.3 Å². The molecule has 38 heavy (non-hydrogen) atoms. The van der Waals surface area contributed by atoms with E-state index in [1.807, 2.05) is 32.0 Å². The SMILES string of the molecule is COc1ccc(NC(=O)C(c2ccc(C)c(C)c2)N(C(=O)C(CS)NC(=O)OC(C)(C)C)C2CCC2)cc1. The Balaban J connectivity index is 1.99. The van der Waals surface area contributed by atoms with Crippen LogP contribution in [0.1, 0.15) is 62.8 Å². The minimum absolute atomic E-state index is 0.0566. The maximum absolute atomic E-state index is 14.0. The zero-order chi connectivity index (χ0) is 28.0. The highest BCUT2D eigenvalue weighted by atomic mass is 32.1. The molecule has 0 aliphatic heterocycles. The van der Waals surface area contributed by atoms with Gasteiger partial charge in [-0.3, -0.25) is 9.59 Å². The molecule has 0 saturated heterocycles. The van der Waals surface area contributed by atoms with E-state index in [0.29, 0.717) is 17.0 Å². The van der Waals surface area contributed by atoms with E-state index in [9.17, 15) is 14.4 Å². The predicted molar refractivity (Wildman–Crippen MR) is 152 cm³/mol. The van der Waals surface area contributed by atoms with Gasteiger partial charge in [-0.25, -0.2) is 4.79 Å². The van der Waals surface area contributed by atoms with Crippen LogP contribution >= 0.6 is 12.6 Å². The summed E-state index contributed by atoms with van der Waals surface area (Å²) in [5.41, 5.74) is 2.67. The van der Waals surface area contributed by atoms with Gasteiger partial charge in [-0.05, 0) is 94.8 Å². The minimum Gasteiger partial charge on any atom is -0.497 e. The highest BCUT2D eigenvalue weighted by molar-refractivity contribution is 7.80. The van der Waals surface area contributed by atoms with E-state index in [4.69, 9.17) is 9.47 Å². The van der Waals surface area contributed by atoms with Gasteiger partial charge in [-0.2, -0.15) is 12.6 Å². The van der Waals surface area contributed by atoms with Gasteiger partial charge < -0.3 is 25.0 Å². The number of hydrogen-bond donors (Lipinski definition) is 3. The summed E-state index contributed by atoms with van der Waals surface area (Å²) in [7, 11) is 1.58. The Morgan fingerprint density at radius 3 is 2.21 bits per heavy atom. The fraction of sp³-hybridized carbons (Fsp3) is 0.483. The maximum atomic E-state index is 14.0. The molecule has 1 saturated carbocycles. The van der Waals surface area contributed by atoms with E-state index < -0.39 is 23.8 Å². The number of ether oxygens (including phenoxy) is 2. The smallest absolute Gasteiger partial charge is 0.408 e. The number of nitrogens with one attached hydrogen (secondary N) is 2. The first-order chi connectivity index (χ1) is 17.9.